The Morgan fingerprint density at radius 2 is 2.17 bits per heavy atom. The van der Waals surface area contributed by atoms with Gasteiger partial charge in [0.05, 0.1) is 11.5 Å². The minimum absolute atomic E-state index is 0.0325. The van der Waals surface area contributed by atoms with Crippen molar-refractivity contribution in [1.82, 2.24) is 14.8 Å². The number of pyridine rings is 1. The van der Waals surface area contributed by atoms with Crippen molar-refractivity contribution < 1.29 is 4.92 Å². The summed E-state index contributed by atoms with van der Waals surface area (Å²) >= 11 is 3.20. The Balaban J connectivity index is 2.48. The fourth-order valence-corrected chi connectivity index (χ4v) is 1.77. The highest BCUT2D eigenvalue weighted by Crippen LogP contribution is 2.28. The van der Waals surface area contributed by atoms with E-state index >= 15 is 0 Å². The molecule has 0 unspecified atom stereocenters. The number of halogens is 1. The molecule has 2 heterocycles. The molecular weight excluding hydrogens is 300 g/mol. The largest absolute Gasteiger partial charge is 0.314 e. The van der Waals surface area contributed by atoms with Gasteiger partial charge in [-0.2, -0.15) is 5.10 Å². The van der Waals surface area contributed by atoms with Gasteiger partial charge in [-0.05, 0) is 12.1 Å². The first kappa shape index (κ1) is 12.4. The van der Waals surface area contributed by atoms with Gasteiger partial charge in [0.2, 0.25) is 0 Å². The third-order valence-corrected chi connectivity index (χ3v) is 2.48. The molecule has 0 saturated heterocycles. The summed E-state index contributed by atoms with van der Waals surface area (Å²) in [5.41, 5.74) is 0.960. The maximum absolute atomic E-state index is 11.0. The van der Waals surface area contributed by atoms with E-state index in [0.717, 1.165) is 0 Å². The van der Waals surface area contributed by atoms with Crippen LogP contribution in [0.5, 0.6) is 0 Å². The Labute approximate surface area is 111 Å². The first-order valence-electron chi connectivity index (χ1n) is 5.03. The lowest BCUT2D eigenvalue weighted by atomic mass is 10.2. The van der Waals surface area contributed by atoms with Crippen LogP contribution in [0.3, 0.4) is 0 Å². The number of hydrogen-bond donors (Lipinski definition) is 0. The molecule has 6 nitrogen and oxygen atoms in total. The molecule has 2 aromatic heterocycles. The van der Waals surface area contributed by atoms with Crippen molar-refractivity contribution in [2.45, 2.75) is 6.54 Å². The van der Waals surface area contributed by atoms with Crippen LogP contribution in [-0.4, -0.2) is 19.7 Å². The van der Waals surface area contributed by atoms with E-state index in [2.05, 4.69) is 32.6 Å². The molecule has 7 heteroatoms. The summed E-state index contributed by atoms with van der Waals surface area (Å²) in [7, 11) is 0. The number of rotatable bonds is 4. The van der Waals surface area contributed by atoms with Crippen LogP contribution in [0.25, 0.3) is 11.3 Å². The predicted molar refractivity (Wildman–Crippen MR) is 70.2 cm³/mol. The van der Waals surface area contributed by atoms with Gasteiger partial charge < -0.3 is 0 Å². The molecule has 92 valence electrons. The summed E-state index contributed by atoms with van der Waals surface area (Å²) in [5.74, 6) is 0. The van der Waals surface area contributed by atoms with Crippen LogP contribution in [0.2, 0.25) is 0 Å². The maximum atomic E-state index is 11.0. The van der Waals surface area contributed by atoms with Gasteiger partial charge in [-0.25, -0.2) is 0 Å². The Morgan fingerprint density at radius 1 is 1.50 bits per heavy atom. The van der Waals surface area contributed by atoms with Gasteiger partial charge in [0.1, 0.15) is 6.20 Å². The maximum Gasteiger partial charge on any atom is 0.314 e. The zero-order valence-electron chi connectivity index (χ0n) is 9.28. The van der Waals surface area contributed by atoms with Crippen molar-refractivity contribution in [2.24, 2.45) is 0 Å². The van der Waals surface area contributed by atoms with E-state index in [1.165, 1.54) is 10.9 Å². The van der Waals surface area contributed by atoms with E-state index < -0.39 is 4.92 Å². The lowest BCUT2D eigenvalue weighted by Gasteiger charge is -1.97. The van der Waals surface area contributed by atoms with Crippen LogP contribution >= 0.6 is 15.9 Å². The number of nitro groups is 1. The van der Waals surface area contributed by atoms with Gasteiger partial charge in [0.25, 0.3) is 0 Å². The van der Waals surface area contributed by atoms with Crippen LogP contribution in [-0.2, 0) is 6.54 Å². The van der Waals surface area contributed by atoms with E-state index in [-0.39, 0.29) is 5.69 Å². The van der Waals surface area contributed by atoms with Crippen LogP contribution < -0.4 is 0 Å². The normalized spacial score (nSPS) is 10.3. The molecule has 0 fully saturated rings. The Bertz CT molecular complexity index is 594. The van der Waals surface area contributed by atoms with Crippen molar-refractivity contribution in [2.75, 3.05) is 0 Å². The first-order valence-corrected chi connectivity index (χ1v) is 5.82. The molecule has 0 bridgehead atoms. The molecule has 0 amide bonds. The second kappa shape index (κ2) is 5.09. The molecule has 0 aliphatic carbocycles. The second-order valence-electron chi connectivity index (χ2n) is 3.57. The van der Waals surface area contributed by atoms with Crippen molar-refractivity contribution in [3.8, 4) is 11.3 Å². The summed E-state index contributed by atoms with van der Waals surface area (Å²) in [6.07, 6.45) is 4.53. The van der Waals surface area contributed by atoms with Gasteiger partial charge in [-0.1, -0.05) is 22.5 Å². The fourth-order valence-electron chi connectivity index (χ4n) is 1.52. The van der Waals surface area contributed by atoms with Crippen LogP contribution in [0.4, 0.5) is 5.69 Å². The van der Waals surface area contributed by atoms with Crippen LogP contribution in [0, 0.1) is 10.1 Å². The van der Waals surface area contributed by atoms with Crippen LogP contribution in [0.1, 0.15) is 0 Å². The summed E-state index contributed by atoms with van der Waals surface area (Å²) < 4.78 is 2.17. The lowest BCUT2D eigenvalue weighted by molar-refractivity contribution is -0.384. The van der Waals surface area contributed by atoms with Gasteiger partial charge in [0, 0.05) is 22.4 Å². The van der Waals surface area contributed by atoms with Crippen molar-refractivity contribution in [3.63, 3.8) is 0 Å². The highest BCUT2D eigenvalue weighted by Gasteiger charge is 2.20. The molecule has 0 N–H and O–H groups in total. The van der Waals surface area contributed by atoms with Gasteiger partial charge >= 0.3 is 5.69 Å². The molecule has 18 heavy (non-hydrogen) atoms. The smallest absolute Gasteiger partial charge is 0.265 e. The van der Waals surface area contributed by atoms with Crippen molar-refractivity contribution in [3.05, 3.63) is 51.9 Å². The van der Waals surface area contributed by atoms with E-state index in [4.69, 9.17) is 0 Å². The Hall–Kier alpha value is -2.02. The molecule has 0 radical (unpaired) electrons. The van der Waals surface area contributed by atoms with Crippen molar-refractivity contribution in [1.29, 1.82) is 0 Å². The average Bonchev–Trinajstić information content (AvgIpc) is 2.73. The topological polar surface area (TPSA) is 73.8 Å². The van der Waals surface area contributed by atoms with Gasteiger partial charge in [-0.15, -0.1) is 0 Å². The second-order valence-corrected chi connectivity index (χ2v) is 4.69. The number of hydrogen-bond acceptors (Lipinski definition) is 4. The molecular formula is C11H9BrN4O2. The molecule has 0 aromatic carbocycles. The average molecular weight is 309 g/mol. The Morgan fingerprint density at radius 3 is 2.72 bits per heavy atom. The number of nitrogens with zero attached hydrogens (tertiary/aromatic N) is 4. The highest BCUT2D eigenvalue weighted by molar-refractivity contribution is 9.11. The van der Waals surface area contributed by atoms with E-state index in [1.807, 2.05) is 0 Å². The van der Waals surface area contributed by atoms with Gasteiger partial charge in [0.15, 0.2) is 5.69 Å². The predicted octanol–water partition coefficient (Wildman–Crippen LogP) is 2.76. The summed E-state index contributed by atoms with van der Waals surface area (Å²) in [5, 5.41) is 15.2. The lowest BCUT2D eigenvalue weighted by Crippen LogP contribution is -1.97. The molecule has 0 saturated carbocycles. The zero-order valence-corrected chi connectivity index (χ0v) is 10.9. The van der Waals surface area contributed by atoms with E-state index in [1.54, 1.807) is 24.5 Å². The first-order chi connectivity index (χ1) is 8.58. The summed E-state index contributed by atoms with van der Waals surface area (Å²) in [4.78, 5) is 14.4. The third kappa shape index (κ3) is 2.62. The molecule has 0 atom stereocenters. The number of aromatic nitrogens is 3. The van der Waals surface area contributed by atoms with E-state index in [9.17, 15) is 10.1 Å². The summed E-state index contributed by atoms with van der Waals surface area (Å²) in [6, 6.07) is 3.37. The zero-order chi connectivity index (χ0) is 13.1. The molecule has 0 spiro atoms. The standard InChI is InChI=1S/C11H9BrN4O2/c1-8(12)6-15-7-10(16(17)18)11(14-15)9-2-4-13-5-3-9/h2-5,7H,1,6H2. The highest BCUT2D eigenvalue weighted by atomic mass is 79.9. The minimum atomic E-state index is -0.448. The van der Waals surface area contributed by atoms with Crippen LogP contribution in [0.15, 0.2) is 41.8 Å². The quantitative estimate of drug-likeness (QED) is 0.643. The SMILES string of the molecule is C=C(Br)Cn1cc([N+](=O)[O-])c(-c2ccncc2)n1. The fraction of sp³-hybridized carbons (Fsp3) is 0.0909. The van der Waals surface area contributed by atoms with Crippen molar-refractivity contribution >= 4 is 21.6 Å². The summed E-state index contributed by atoms with van der Waals surface area (Å²) in [6.45, 7) is 4.06. The third-order valence-electron chi connectivity index (χ3n) is 2.23. The molecule has 2 aromatic rings. The minimum Gasteiger partial charge on any atom is -0.265 e. The number of allylic oxidation sites excluding steroid dienone is 1. The molecule has 0 aliphatic rings. The Kier molecular flexibility index (Phi) is 3.52. The monoisotopic (exact) mass is 308 g/mol. The van der Waals surface area contributed by atoms with Gasteiger partial charge in [-0.3, -0.25) is 19.8 Å². The van der Waals surface area contributed by atoms with E-state index in [0.29, 0.717) is 22.3 Å². The molecule has 2 rings (SSSR count). The molecule has 0 aliphatic heterocycles.